The number of hydrogen-bond acceptors (Lipinski definition) is 10. The molecule has 0 aromatic carbocycles. The predicted octanol–water partition coefficient (Wildman–Crippen LogP) is 21.8. The Hall–Kier alpha value is -2.82. The van der Waals surface area contributed by atoms with Crippen LogP contribution in [0.2, 0.25) is 0 Å². The van der Waals surface area contributed by atoms with Crippen LogP contribution in [0.1, 0.15) is 342 Å². The van der Waals surface area contributed by atoms with Crippen molar-refractivity contribution in [2.75, 3.05) is 26.4 Å². The molecule has 0 amide bonds. The van der Waals surface area contributed by atoms with Crippen molar-refractivity contribution in [2.24, 2.45) is 0 Å². The van der Waals surface area contributed by atoms with Crippen LogP contribution in [0.25, 0.3) is 0 Å². The maximum atomic E-state index is 13.0. The van der Waals surface area contributed by atoms with Crippen molar-refractivity contribution >= 4 is 25.7 Å². The lowest BCUT2D eigenvalue weighted by Gasteiger charge is -2.21. The number of carbonyl (C=O) groups excluding carboxylic acids is 3. The molecular weight excluding hydrogens is 1070 g/mol. The zero-order valence-electron chi connectivity index (χ0n) is 54.6. The molecule has 3 atom stereocenters. The number of unbranched alkanes of at least 4 members (excludes halogenated alkanes) is 39. The topological polar surface area (TPSA) is 155 Å². The molecule has 0 spiro atoms. The number of ether oxygens (including phenoxy) is 3. The molecule has 0 aliphatic rings. The third-order valence-electron chi connectivity index (χ3n) is 15.4. The zero-order chi connectivity index (χ0) is 61.2. The van der Waals surface area contributed by atoms with Gasteiger partial charge in [-0.2, -0.15) is 0 Å². The van der Waals surface area contributed by atoms with Crippen LogP contribution in [-0.2, 0) is 42.2 Å². The third kappa shape index (κ3) is 63.7. The van der Waals surface area contributed by atoms with E-state index < -0.39 is 57.8 Å². The first-order valence-corrected chi connectivity index (χ1v) is 36.7. The Kier molecular flexibility index (Phi) is 63.9. The van der Waals surface area contributed by atoms with Gasteiger partial charge in [-0.1, -0.05) is 300 Å². The predicted molar refractivity (Wildman–Crippen MR) is 353 cm³/mol. The number of carbonyl (C=O) groups is 3. The summed E-state index contributed by atoms with van der Waals surface area (Å²) in [5.41, 5.74) is 0. The molecule has 0 bridgehead atoms. The van der Waals surface area contributed by atoms with Crippen LogP contribution in [-0.4, -0.2) is 66.5 Å². The van der Waals surface area contributed by atoms with Crippen molar-refractivity contribution in [1.82, 2.24) is 0 Å². The van der Waals surface area contributed by atoms with E-state index in [9.17, 15) is 28.9 Å². The fraction of sp³-hybridized carbons (Fsp3) is 0.819. The number of aliphatic hydroxyl groups excluding tert-OH is 1. The van der Waals surface area contributed by atoms with Crippen LogP contribution in [0.15, 0.2) is 60.8 Å². The van der Waals surface area contributed by atoms with Crippen LogP contribution >= 0.6 is 7.82 Å². The molecule has 0 rings (SSSR count). The van der Waals surface area contributed by atoms with E-state index in [-0.39, 0.29) is 25.9 Å². The van der Waals surface area contributed by atoms with E-state index in [1.165, 1.54) is 180 Å². The van der Waals surface area contributed by atoms with E-state index in [0.29, 0.717) is 19.3 Å². The van der Waals surface area contributed by atoms with Crippen molar-refractivity contribution < 1.29 is 52.2 Å². The molecule has 0 aromatic rings. The first-order valence-electron chi connectivity index (χ1n) is 35.2. The van der Waals surface area contributed by atoms with Gasteiger partial charge in [0.25, 0.3) is 0 Å². The summed E-state index contributed by atoms with van der Waals surface area (Å²) in [4.78, 5) is 48.9. The normalized spacial score (nSPS) is 13.5. The van der Waals surface area contributed by atoms with E-state index in [1.54, 1.807) is 0 Å². The molecule has 0 aliphatic heterocycles. The highest BCUT2D eigenvalue weighted by Crippen LogP contribution is 2.43. The third-order valence-corrected chi connectivity index (χ3v) is 16.4. The molecule has 12 heteroatoms. The van der Waals surface area contributed by atoms with E-state index in [2.05, 4.69) is 81.5 Å². The summed E-state index contributed by atoms with van der Waals surface area (Å²) in [6.07, 6.45) is 76.0. The highest BCUT2D eigenvalue weighted by Gasteiger charge is 2.28. The average Bonchev–Trinajstić information content (AvgIpc) is 3.53. The second-order valence-electron chi connectivity index (χ2n) is 23.7. The van der Waals surface area contributed by atoms with Gasteiger partial charge in [0.05, 0.1) is 19.8 Å². The number of rotatable bonds is 66. The molecular formula is C72H131O11P. The molecule has 0 aliphatic carbocycles. The van der Waals surface area contributed by atoms with Gasteiger partial charge in [-0.3, -0.25) is 23.4 Å². The molecule has 3 unspecified atom stereocenters. The summed E-state index contributed by atoms with van der Waals surface area (Å²) in [7, 11) is -4.76. The smallest absolute Gasteiger partial charge is 0.462 e. The van der Waals surface area contributed by atoms with Gasteiger partial charge in [-0.15, -0.1) is 0 Å². The minimum Gasteiger partial charge on any atom is -0.462 e. The largest absolute Gasteiger partial charge is 0.472 e. The van der Waals surface area contributed by atoms with E-state index in [4.69, 9.17) is 23.3 Å². The SMILES string of the molecule is CC/C=C\C/C=C\C/C=C\C/C=C\CCCCCCCCC(=O)OC(COC(=O)CCCCCCCCCCCCCCCCCCCCC)COP(=O)(O)OCC(CO)OC(=O)CCCCCCCCCCC/C=C\CCCCCCCC. The summed E-state index contributed by atoms with van der Waals surface area (Å²) < 4.78 is 39.8. The lowest BCUT2D eigenvalue weighted by Crippen LogP contribution is -2.30. The number of allylic oxidation sites excluding steroid dienone is 10. The minimum atomic E-state index is -4.76. The standard InChI is InChI=1S/C72H131O11P/c1-4-7-10-13-16-19-22-25-28-31-34-37-40-43-46-49-52-55-58-61-70(74)79-65-69(83-72(76)63-60-57-54-51-48-45-42-39-36-33-30-27-24-21-18-15-12-9-6-3)67-81-84(77,78)80-66-68(64-73)82-71(75)62-59-56-53-50-47-44-41-38-35-32-29-26-23-20-17-14-11-8-5-2/h9,12,18,21,26-27,29-30,36,39,68-69,73H,4-8,10-11,13-17,19-20,22-25,28,31-35,37-38,40-67H2,1-3H3,(H,77,78)/b12-9-,21-18-,29-26-,30-27-,39-36-. The fourth-order valence-corrected chi connectivity index (χ4v) is 10.9. The van der Waals surface area contributed by atoms with Gasteiger partial charge in [0.2, 0.25) is 0 Å². The van der Waals surface area contributed by atoms with Gasteiger partial charge in [0, 0.05) is 19.3 Å². The first kappa shape index (κ1) is 81.2. The quantitative estimate of drug-likeness (QED) is 0.0197. The molecule has 84 heavy (non-hydrogen) atoms. The van der Waals surface area contributed by atoms with Gasteiger partial charge < -0.3 is 24.2 Å². The van der Waals surface area contributed by atoms with E-state index >= 15 is 0 Å². The summed E-state index contributed by atoms with van der Waals surface area (Å²) in [6, 6.07) is 0. The van der Waals surface area contributed by atoms with Crippen LogP contribution in [0.4, 0.5) is 0 Å². The van der Waals surface area contributed by atoms with Gasteiger partial charge in [0.15, 0.2) is 6.10 Å². The number of phosphoric acid groups is 1. The molecule has 0 saturated carbocycles. The van der Waals surface area contributed by atoms with Crippen molar-refractivity contribution in [3.8, 4) is 0 Å². The highest BCUT2D eigenvalue weighted by molar-refractivity contribution is 7.47. The Morgan fingerprint density at radius 3 is 0.964 bits per heavy atom. The van der Waals surface area contributed by atoms with Crippen LogP contribution in [0.3, 0.4) is 0 Å². The lowest BCUT2D eigenvalue weighted by atomic mass is 10.0. The molecule has 0 fully saturated rings. The number of aliphatic hydroxyl groups is 1. The van der Waals surface area contributed by atoms with Crippen molar-refractivity contribution in [3.63, 3.8) is 0 Å². The maximum absolute atomic E-state index is 13.0. The monoisotopic (exact) mass is 1200 g/mol. The van der Waals surface area contributed by atoms with Gasteiger partial charge >= 0.3 is 25.7 Å². The Morgan fingerprint density at radius 1 is 0.345 bits per heavy atom. The molecule has 11 nitrogen and oxygen atoms in total. The minimum absolute atomic E-state index is 0.153. The van der Waals surface area contributed by atoms with Crippen molar-refractivity contribution in [1.29, 1.82) is 0 Å². The van der Waals surface area contributed by atoms with Gasteiger partial charge in [0.1, 0.15) is 12.7 Å². The van der Waals surface area contributed by atoms with Crippen LogP contribution < -0.4 is 0 Å². The Balaban J connectivity index is 4.66. The zero-order valence-corrected chi connectivity index (χ0v) is 55.5. The molecule has 0 heterocycles. The highest BCUT2D eigenvalue weighted by atomic mass is 31.2. The number of phosphoric ester groups is 1. The van der Waals surface area contributed by atoms with Gasteiger partial charge in [-0.25, -0.2) is 4.57 Å². The van der Waals surface area contributed by atoms with E-state index in [1.807, 2.05) is 0 Å². The Bertz CT molecular complexity index is 1640. The van der Waals surface area contributed by atoms with E-state index in [0.717, 1.165) is 103 Å². The summed E-state index contributed by atoms with van der Waals surface area (Å²) >= 11 is 0. The lowest BCUT2D eigenvalue weighted by molar-refractivity contribution is -0.161. The molecule has 490 valence electrons. The molecule has 0 radical (unpaired) electrons. The maximum Gasteiger partial charge on any atom is 0.472 e. The Morgan fingerprint density at radius 2 is 0.619 bits per heavy atom. The van der Waals surface area contributed by atoms with Crippen LogP contribution in [0.5, 0.6) is 0 Å². The summed E-state index contributed by atoms with van der Waals surface area (Å²) in [6.45, 7) is 4.59. The fourth-order valence-electron chi connectivity index (χ4n) is 10.1. The molecule has 0 saturated heterocycles. The van der Waals surface area contributed by atoms with Crippen molar-refractivity contribution in [2.45, 2.75) is 354 Å². The summed E-state index contributed by atoms with van der Waals surface area (Å²) in [5, 5.41) is 9.89. The second-order valence-corrected chi connectivity index (χ2v) is 25.1. The van der Waals surface area contributed by atoms with Crippen LogP contribution in [0, 0.1) is 0 Å². The second kappa shape index (κ2) is 66.1. The first-order chi connectivity index (χ1) is 41.2. The Labute approximate surface area is 516 Å². The van der Waals surface area contributed by atoms with Crippen molar-refractivity contribution in [3.05, 3.63) is 60.8 Å². The average molecular weight is 1200 g/mol. The molecule has 0 aromatic heterocycles. The number of esters is 3. The number of hydrogen-bond donors (Lipinski definition) is 2. The molecule has 2 N–H and O–H groups in total. The summed E-state index contributed by atoms with van der Waals surface area (Å²) in [5.74, 6) is -1.46. The van der Waals surface area contributed by atoms with Gasteiger partial charge in [-0.05, 0) is 83.5 Å².